The number of H-pyrrole nitrogens is 1. The number of amides is 2. The van der Waals surface area contributed by atoms with Crippen molar-refractivity contribution in [2.75, 3.05) is 17.7 Å². The number of aromatic nitrogens is 2. The number of carbonyl (C=O) groups excluding carboxylic acids is 2. The average Bonchev–Trinajstić information content (AvgIpc) is 3.30. The lowest BCUT2D eigenvalue weighted by molar-refractivity contribution is -0.115. The quantitative estimate of drug-likeness (QED) is 0.404. The molecule has 0 saturated heterocycles. The minimum absolute atomic E-state index is 0.144. The van der Waals surface area contributed by atoms with E-state index in [0.717, 1.165) is 10.3 Å². The lowest BCUT2D eigenvalue weighted by Crippen LogP contribution is -2.13. The van der Waals surface area contributed by atoms with Gasteiger partial charge in [-0.05, 0) is 54.6 Å². The number of ether oxygens (including phenoxy) is 1. The normalized spacial score (nSPS) is 10.7. The van der Waals surface area contributed by atoms with Crippen LogP contribution in [0.2, 0.25) is 5.02 Å². The lowest BCUT2D eigenvalue weighted by atomic mass is 10.2. The summed E-state index contributed by atoms with van der Waals surface area (Å²) >= 11 is 7.25. The number of hydrogen-bond donors (Lipinski definition) is 3. The summed E-state index contributed by atoms with van der Waals surface area (Å²) in [5, 5.41) is 14.1. The molecule has 2 aromatic heterocycles. The fraction of sp³-hybridized carbons (Fsp3) is 0.0952. The van der Waals surface area contributed by atoms with E-state index < -0.39 is 0 Å². The molecule has 0 spiro atoms. The topological polar surface area (TPSA) is 96.1 Å². The molecule has 0 unspecified atom stereocenters. The number of benzene rings is 2. The first-order valence-corrected chi connectivity index (χ1v) is 10.2. The number of halogens is 1. The third-order valence-electron chi connectivity index (χ3n) is 4.36. The van der Waals surface area contributed by atoms with Crippen molar-refractivity contribution in [3.05, 3.63) is 70.1 Å². The number of thiophene rings is 1. The van der Waals surface area contributed by atoms with Crippen molar-refractivity contribution in [3.63, 3.8) is 0 Å². The molecule has 0 aliphatic heterocycles. The molecule has 0 bridgehead atoms. The van der Waals surface area contributed by atoms with E-state index in [-0.39, 0.29) is 18.2 Å². The van der Waals surface area contributed by atoms with Crippen LogP contribution in [-0.2, 0) is 11.2 Å². The van der Waals surface area contributed by atoms with E-state index in [1.54, 1.807) is 55.6 Å². The maximum Gasteiger partial charge on any atom is 0.256 e. The average molecular weight is 441 g/mol. The molecule has 152 valence electrons. The molecule has 0 atom stereocenters. The largest absolute Gasteiger partial charge is 0.497 e. The van der Waals surface area contributed by atoms with Crippen LogP contribution in [0.3, 0.4) is 0 Å². The molecule has 0 aliphatic rings. The van der Waals surface area contributed by atoms with Gasteiger partial charge in [0.25, 0.3) is 5.91 Å². The van der Waals surface area contributed by atoms with Crippen LogP contribution in [0.25, 0.3) is 10.2 Å². The first kappa shape index (κ1) is 19.9. The number of aromatic amines is 1. The molecule has 0 aliphatic carbocycles. The maximum absolute atomic E-state index is 12.5. The molecular weight excluding hydrogens is 424 g/mol. The standard InChI is InChI=1S/C21H17ClN4O3S/c1-29-15-8-2-12(3-9-15)20(28)24-19-17-10-16(30-21(17)26-25-19)11-18(27)23-14-6-4-13(22)5-7-14/h2-10H,11H2,1H3,(H,23,27)(H2,24,25,26,28). The number of carbonyl (C=O) groups is 2. The van der Waals surface area contributed by atoms with Gasteiger partial charge >= 0.3 is 0 Å². The Morgan fingerprint density at radius 1 is 1.10 bits per heavy atom. The number of nitrogens with one attached hydrogen (secondary N) is 3. The van der Waals surface area contributed by atoms with Crippen molar-refractivity contribution in [1.29, 1.82) is 0 Å². The fourth-order valence-electron chi connectivity index (χ4n) is 2.87. The highest BCUT2D eigenvalue weighted by Crippen LogP contribution is 2.30. The van der Waals surface area contributed by atoms with Crippen molar-refractivity contribution >= 4 is 56.5 Å². The Hall–Kier alpha value is -3.36. The van der Waals surface area contributed by atoms with Crippen LogP contribution in [0.15, 0.2) is 54.6 Å². The van der Waals surface area contributed by atoms with E-state index in [1.165, 1.54) is 11.3 Å². The minimum Gasteiger partial charge on any atom is -0.497 e. The SMILES string of the molecule is COc1ccc(C(=O)Nc2[nH]nc3sc(CC(=O)Nc4ccc(Cl)cc4)cc23)cc1. The van der Waals surface area contributed by atoms with Crippen LogP contribution < -0.4 is 15.4 Å². The highest BCUT2D eigenvalue weighted by Gasteiger charge is 2.15. The number of nitrogens with zero attached hydrogens (tertiary/aromatic N) is 1. The molecule has 9 heteroatoms. The molecule has 2 aromatic carbocycles. The van der Waals surface area contributed by atoms with Crippen LogP contribution in [0.1, 0.15) is 15.2 Å². The molecule has 2 amide bonds. The molecule has 2 heterocycles. The second-order valence-corrected chi connectivity index (χ2v) is 8.00. The summed E-state index contributed by atoms with van der Waals surface area (Å²) in [5.74, 6) is 0.756. The third-order valence-corrected chi connectivity index (χ3v) is 5.64. The van der Waals surface area contributed by atoms with E-state index in [4.69, 9.17) is 16.3 Å². The molecule has 0 fully saturated rings. The third kappa shape index (κ3) is 4.45. The van der Waals surface area contributed by atoms with Gasteiger partial charge in [-0.1, -0.05) is 11.6 Å². The Balaban J connectivity index is 1.44. The molecule has 30 heavy (non-hydrogen) atoms. The van der Waals surface area contributed by atoms with Gasteiger partial charge in [0.15, 0.2) is 0 Å². The maximum atomic E-state index is 12.5. The highest BCUT2D eigenvalue weighted by atomic mass is 35.5. The van der Waals surface area contributed by atoms with Gasteiger partial charge < -0.3 is 15.4 Å². The van der Waals surface area contributed by atoms with Gasteiger partial charge in [-0.25, -0.2) is 0 Å². The Morgan fingerprint density at radius 2 is 1.83 bits per heavy atom. The predicted molar refractivity (Wildman–Crippen MR) is 119 cm³/mol. The first-order valence-electron chi connectivity index (χ1n) is 8.99. The second kappa shape index (κ2) is 8.56. The van der Waals surface area contributed by atoms with E-state index in [1.807, 2.05) is 6.07 Å². The first-order chi connectivity index (χ1) is 14.5. The smallest absolute Gasteiger partial charge is 0.256 e. The molecular formula is C21H17ClN4O3S. The van der Waals surface area contributed by atoms with Gasteiger partial charge in [-0.2, -0.15) is 5.10 Å². The van der Waals surface area contributed by atoms with Gasteiger partial charge in [0.2, 0.25) is 5.91 Å². The van der Waals surface area contributed by atoms with Crippen molar-refractivity contribution in [2.45, 2.75) is 6.42 Å². The van der Waals surface area contributed by atoms with E-state index >= 15 is 0 Å². The zero-order valence-corrected chi connectivity index (χ0v) is 17.4. The molecule has 7 nitrogen and oxygen atoms in total. The van der Waals surface area contributed by atoms with Gasteiger partial charge in [-0.15, -0.1) is 11.3 Å². The van der Waals surface area contributed by atoms with Crippen LogP contribution in [0.5, 0.6) is 5.75 Å². The summed E-state index contributed by atoms with van der Waals surface area (Å²) in [6.07, 6.45) is 0.204. The molecule has 0 radical (unpaired) electrons. The number of hydrogen-bond acceptors (Lipinski definition) is 5. The van der Waals surface area contributed by atoms with Gasteiger partial charge in [0, 0.05) is 21.2 Å². The van der Waals surface area contributed by atoms with Crippen LogP contribution in [0.4, 0.5) is 11.5 Å². The monoisotopic (exact) mass is 440 g/mol. The lowest BCUT2D eigenvalue weighted by Gasteiger charge is -2.05. The molecule has 0 saturated carbocycles. The Kier molecular flexibility index (Phi) is 5.69. The van der Waals surface area contributed by atoms with Crippen molar-refractivity contribution < 1.29 is 14.3 Å². The van der Waals surface area contributed by atoms with E-state index in [0.29, 0.717) is 32.7 Å². The van der Waals surface area contributed by atoms with Crippen molar-refractivity contribution in [3.8, 4) is 5.75 Å². The predicted octanol–water partition coefficient (Wildman–Crippen LogP) is 4.72. The summed E-state index contributed by atoms with van der Waals surface area (Å²) < 4.78 is 5.10. The number of fused-ring (bicyclic) bond motifs is 1. The summed E-state index contributed by atoms with van der Waals surface area (Å²) in [6.45, 7) is 0. The second-order valence-electron chi connectivity index (χ2n) is 6.44. The number of anilines is 2. The van der Waals surface area contributed by atoms with E-state index in [2.05, 4.69) is 20.8 Å². The minimum atomic E-state index is -0.267. The van der Waals surface area contributed by atoms with Crippen molar-refractivity contribution in [2.24, 2.45) is 0 Å². The highest BCUT2D eigenvalue weighted by molar-refractivity contribution is 7.18. The molecule has 4 rings (SSSR count). The number of rotatable bonds is 6. The van der Waals surface area contributed by atoms with Gasteiger partial charge in [0.1, 0.15) is 16.4 Å². The summed E-state index contributed by atoms with van der Waals surface area (Å²) in [5.41, 5.74) is 1.18. The fourth-order valence-corrected chi connectivity index (χ4v) is 3.98. The van der Waals surface area contributed by atoms with Crippen LogP contribution in [0, 0.1) is 0 Å². The van der Waals surface area contributed by atoms with Crippen LogP contribution in [-0.4, -0.2) is 29.1 Å². The Bertz CT molecular complexity index is 1200. The summed E-state index contributed by atoms with van der Waals surface area (Å²) in [6, 6.07) is 15.6. The zero-order chi connectivity index (χ0) is 21.1. The Morgan fingerprint density at radius 3 is 2.53 bits per heavy atom. The van der Waals surface area contributed by atoms with Gasteiger partial charge in [-0.3, -0.25) is 14.7 Å². The van der Waals surface area contributed by atoms with Crippen LogP contribution >= 0.6 is 22.9 Å². The number of methoxy groups -OCH3 is 1. The summed E-state index contributed by atoms with van der Waals surface area (Å²) in [7, 11) is 1.57. The van der Waals surface area contributed by atoms with Crippen molar-refractivity contribution in [1.82, 2.24) is 10.2 Å². The van der Waals surface area contributed by atoms with E-state index in [9.17, 15) is 9.59 Å². The van der Waals surface area contributed by atoms with Gasteiger partial charge in [0.05, 0.1) is 18.9 Å². The zero-order valence-electron chi connectivity index (χ0n) is 15.9. The summed E-state index contributed by atoms with van der Waals surface area (Å²) in [4.78, 5) is 26.4. The Labute approximate surface area is 181 Å². The molecule has 4 aromatic rings. The molecule has 3 N–H and O–H groups in total.